The molecule has 21 heavy (non-hydrogen) atoms. The molecule has 3 heterocycles. The molecule has 2 aliphatic rings. The van der Waals surface area contributed by atoms with Crippen LogP contribution >= 0.6 is 0 Å². The van der Waals surface area contributed by atoms with Crippen molar-refractivity contribution in [3.8, 4) is 0 Å². The SMILES string of the molecule is CC(=O)Nc1ccc2c(c1)nc1n2CCN2CCC[C@H]2C1. The van der Waals surface area contributed by atoms with E-state index in [1.807, 2.05) is 12.1 Å². The predicted octanol–water partition coefficient (Wildman–Crippen LogP) is 2.02. The molecule has 1 aromatic heterocycles. The number of rotatable bonds is 1. The van der Waals surface area contributed by atoms with Gasteiger partial charge in [0.25, 0.3) is 0 Å². The number of carbonyl (C=O) groups is 1. The molecular weight excluding hydrogens is 264 g/mol. The number of fused-ring (bicyclic) bond motifs is 4. The van der Waals surface area contributed by atoms with Crippen LogP contribution in [0.25, 0.3) is 11.0 Å². The summed E-state index contributed by atoms with van der Waals surface area (Å²) in [5.41, 5.74) is 2.99. The normalized spacial score (nSPS) is 21.9. The average molecular weight is 284 g/mol. The maximum absolute atomic E-state index is 11.2. The molecule has 1 N–H and O–H groups in total. The van der Waals surface area contributed by atoms with Crippen LogP contribution in [0.15, 0.2) is 18.2 Å². The fourth-order valence-electron chi connectivity index (χ4n) is 3.73. The molecule has 4 rings (SSSR count). The highest BCUT2D eigenvalue weighted by Crippen LogP contribution is 2.27. The molecule has 0 radical (unpaired) electrons. The Morgan fingerprint density at radius 3 is 3.10 bits per heavy atom. The smallest absolute Gasteiger partial charge is 0.221 e. The van der Waals surface area contributed by atoms with E-state index in [4.69, 9.17) is 4.98 Å². The van der Waals surface area contributed by atoms with Crippen LogP contribution in [0.4, 0.5) is 5.69 Å². The first-order chi connectivity index (χ1) is 10.2. The van der Waals surface area contributed by atoms with Gasteiger partial charge in [0.1, 0.15) is 5.82 Å². The van der Waals surface area contributed by atoms with Crippen molar-refractivity contribution in [1.29, 1.82) is 0 Å². The second kappa shape index (κ2) is 4.84. The summed E-state index contributed by atoms with van der Waals surface area (Å²) in [6.07, 6.45) is 3.65. The van der Waals surface area contributed by atoms with Crippen LogP contribution in [-0.4, -0.2) is 39.5 Å². The summed E-state index contributed by atoms with van der Waals surface area (Å²) in [4.78, 5) is 18.6. The Kier molecular flexibility index (Phi) is 2.96. The topological polar surface area (TPSA) is 50.2 Å². The van der Waals surface area contributed by atoms with Gasteiger partial charge in [0.2, 0.25) is 5.91 Å². The van der Waals surface area contributed by atoms with Gasteiger partial charge in [-0.15, -0.1) is 0 Å². The second-order valence-corrected chi connectivity index (χ2v) is 6.10. The van der Waals surface area contributed by atoms with Crippen molar-refractivity contribution >= 4 is 22.6 Å². The Balaban J connectivity index is 1.73. The van der Waals surface area contributed by atoms with Crippen LogP contribution in [0.2, 0.25) is 0 Å². The van der Waals surface area contributed by atoms with Crippen molar-refractivity contribution in [3.05, 3.63) is 24.0 Å². The molecule has 5 nitrogen and oxygen atoms in total. The molecule has 2 aromatic rings. The Bertz CT molecular complexity index is 706. The van der Waals surface area contributed by atoms with Crippen LogP contribution < -0.4 is 5.32 Å². The molecule has 0 saturated carbocycles. The standard InChI is InChI=1S/C16H20N4O/c1-11(21)17-12-4-5-15-14(9-12)18-16-10-13-3-2-6-19(13)7-8-20(15)16/h4-5,9,13H,2-3,6-8,10H2,1H3,(H,17,21)/t13-/m0/s1. The number of hydrogen-bond acceptors (Lipinski definition) is 3. The van der Waals surface area contributed by atoms with Gasteiger partial charge in [-0.3, -0.25) is 9.69 Å². The minimum absolute atomic E-state index is 0.0447. The number of nitrogens with one attached hydrogen (secondary N) is 1. The molecular formula is C16H20N4O. The minimum atomic E-state index is -0.0447. The van der Waals surface area contributed by atoms with E-state index < -0.39 is 0 Å². The van der Waals surface area contributed by atoms with Gasteiger partial charge in [-0.1, -0.05) is 0 Å². The number of anilines is 1. The summed E-state index contributed by atoms with van der Waals surface area (Å²) in [6.45, 7) is 4.90. The molecule has 110 valence electrons. The van der Waals surface area contributed by atoms with Gasteiger partial charge >= 0.3 is 0 Å². The highest BCUT2D eigenvalue weighted by Gasteiger charge is 2.29. The van der Waals surface area contributed by atoms with E-state index in [9.17, 15) is 4.79 Å². The lowest BCUT2D eigenvalue weighted by Crippen LogP contribution is -2.30. The number of carbonyl (C=O) groups excluding carboxylic acids is 1. The number of benzene rings is 1. The fourth-order valence-corrected chi connectivity index (χ4v) is 3.73. The summed E-state index contributed by atoms with van der Waals surface area (Å²) in [5, 5.41) is 2.83. The Morgan fingerprint density at radius 2 is 2.24 bits per heavy atom. The Labute approximate surface area is 123 Å². The van der Waals surface area contributed by atoms with Crippen molar-refractivity contribution in [2.75, 3.05) is 18.4 Å². The molecule has 5 heteroatoms. The van der Waals surface area contributed by atoms with Gasteiger partial charge in [0.05, 0.1) is 11.0 Å². The van der Waals surface area contributed by atoms with E-state index in [-0.39, 0.29) is 5.91 Å². The van der Waals surface area contributed by atoms with Gasteiger partial charge in [-0.2, -0.15) is 0 Å². The van der Waals surface area contributed by atoms with Gasteiger partial charge in [0, 0.05) is 38.2 Å². The van der Waals surface area contributed by atoms with Crippen molar-refractivity contribution in [2.45, 2.75) is 38.8 Å². The molecule has 0 spiro atoms. The quantitative estimate of drug-likeness (QED) is 0.871. The number of nitrogens with zero attached hydrogens (tertiary/aromatic N) is 3. The maximum Gasteiger partial charge on any atom is 0.221 e. The van der Waals surface area contributed by atoms with E-state index in [1.165, 1.54) is 37.7 Å². The number of hydrogen-bond donors (Lipinski definition) is 1. The molecule has 0 aliphatic carbocycles. The number of aromatic nitrogens is 2. The summed E-state index contributed by atoms with van der Waals surface area (Å²) in [6, 6.07) is 6.68. The summed E-state index contributed by atoms with van der Waals surface area (Å²) in [5.74, 6) is 1.15. The number of imidazole rings is 1. The van der Waals surface area contributed by atoms with Crippen molar-refractivity contribution in [2.24, 2.45) is 0 Å². The lowest BCUT2D eigenvalue weighted by molar-refractivity contribution is -0.114. The van der Waals surface area contributed by atoms with E-state index >= 15 is 0 Å². The molecule has 1 fully saturated rings. The third-order valence-corrected chi connectivity index (χ3v) is 4.68. The third kappa shape index (κ3) is 2.21. The van der Waals surface area contributed by atoms with Gasteiger partial charge in [-0.05, 0) is 37.6 Å². The van der Waals surface area contributed by atoms with Gasteiger partial charge < -0.3 is 9.88 Å². The van der Waals surface area contributed by atoms with Crippen LogP contribution in [0.1, 0.15) is 25.6 Å². The highest BCUT2D eigenvalue weighted by molar-refractivity contribution is 5.91. The van der Waals surface area contributed by atoms with Crippen molar-refractivity contribution in [3.63, 3.8) is 0 Å². The highest BCUT2D eigenvalue weighted by atomic mass is 16.1. The largest absolute Gasteiger partial charge is 0.327 e. The summed E-state index contributed by atoms with van der Waals surface area (Å²) < 4.78 is 2.35. The van der Waals surface area contributed by atoms with Gasteiger partial charge in [0.15, 0.2) is 0 Å². The lowest BCUT2D eigenvalue weighted by atomic mass is 10.1. The molecule has 1 atom stereocenters. The molecule has 0 bridgehead atoms. The Hall–Kier alpha value is -1.88. The zero-order valence-corrected chi connectivity index (χ0v) is 12.3. The Morgan fingerprint density at radius 1 is 1.33 bits per heavy atom. The monoisotopic (exact) mass is 284 g/mol. The first-order valence-corrected chi connectivity index (χ1v) is 7.71. The summed E-state index contributed by atoms with van der Waals surface area (Å²) >= 11 is 0. The maximum atomic E-state index is 11.2. The molecule has 0 unspecified atom stereocenters. The predicted molar refractivity (Wildman–Crippen MR) is 82.3 cm³/mol. The van der Waals surface area contributed by atoms with Crippen molar-refractivity contribution < 1.29 is 4.79 Å². The fraction of sp³-hybridized carbons (Fsp3) is 0.500. The zero-order valence-electron chi connectivity index (χ0n) is 12.3. The van der Waals surface area contributed by atoms with E-state index in [2.05, 4.69) is 20.9 Å². The van der Waals surface area contributed by atoms with Crippen LogP contribution in [0, 0.1) is 0 Å². The number of amides is 1. The first kappa shape index (κ1) is 12.8. The lowest BCUT2D eigenvalue weighted by Gasteiger charge is -2.20. The van der Waals surface area contributed by atoms with E-state index in [0.29, 0.717) is 6.04 Å². The molecule has 1 amide bonds. The summed E-state index contributed by atoms with van der Waals surface area (Å²) in [7, 11) is 0. The van der Waals surface area contributed by atoms with E-state index in [0.717, 1.165) is 30.7 Å². The second-order valence-electron chi connectivity index (χ2n) is 6.10. The minimum Gasteiger partial charge on any atom is -0.327 e. The molecule has 1 saturated heterocycles. The molecule has 1 aromatic carbocycles. The first-order valence-electron chi connectivity index (χ1n) is 7.71. The average Bonchev–Trinajstić information content (AvgIpc) is 2.97. The third-order valence-electron chi connectivity index (χ3n) is 4.68. The van der Waals surface area contributed by atoms with Crippen LogP contribution in [0.5, 0.6) is 0 Å². The van der Waals surface area contributed by atoms with Crippen molar-refractivity contribution in [1.82, 2.24) is 14.5 Å². The van der Waals surface area contributed by atoms with E-state index in [1.54, 1.807) is 0 Å². The van der Waals surface area contributed by atoms with Crippen LogP contribution in [0.3, 0.4) is 0 Å². The van der Waals surface area contributed by atoms with Gasteiger partial charge in [-0.25, -0.2) is 4.98 Å². The zero-order chi connectivity index (χ0) is 14.4. The van der Waals surface area contributed by atoms with Crippen LogP contribution in [-0.2, 0) is 17.8 Å². The molecule has 2 aliphatic heterocycles.